The molecule has 1 rings (SSSR count). The second-order valence-corrected chi connectivity index (χ2v) is 5.10. The van der Waals surface area contributed by atoms with Gasteiger partial charge in [-0.15, -0.1) is 0 Å². The van der Waals surface area contributed by atoms with Crippen molar-refractivity contribution < 1.29 is 4.79 Å². The first-order valence-corrected chi connectivity index (χ1v) is 7.04. The number of carbonyl (C=O) groups excluding carboxylic acids is 1. The molecule has 6 heteroatoms. The fourth-order valence-corrected chi connectivity index (χ4v) is 1.68. The topological polar surface area (TPSA) is 70.2 Å². The average molecular weight is 279 g/mol. The molecule has 0 aromatic carbocycles. The molecule has 1 aromatic rings. The fraction of sp³-hybridized carbons (Fsp3) is 0.643. The lowest BCUT2D eigenvalue weighted by Crippen LogP contribution is -2.36. The van der Waals surface area contributed by atoms with Crippen LogP contribution >= 0.6 is 0 Å². The Morgan fingerprint density at radius 2 is 2.00 bits per heavy atom. The highest BCUT2D eigenvalue weighted by atomic mass is 16.1. The Hall–Kier alpha value is -1.69. The Labute approximate surface area is 121 Å². The molecule has 0 aliphatic rings. The van der Waals surface area contributed by atoms with Gasteiger partial charge in [0.1, 0.15) is 0 Å². The van der Waals surface area contributed by atoms with Gasteiger partial charge in [0.2, 0.25) is 11.9 Å². The summed E-state index contributed by atoms with van der Waals surface area (Å²) in [5, 5.41) is 5.95. The quantitative estimate of drug-likeness (QED) is 0.736. The summed E-state index contributed by atoms with van der Waals surface area (Å²) in [5.41, 5.74) is 1.05. The van der Waals surface area contributed by atoms with Gasteiger partial charge < -0.3 is 15.5 Å². The summed E-state index contributed by atoms with van der Waals surface area (Å²) in [6.45, 7) is 9.02. The SMILES string of the molecule is CCN(CC(=O)NC)c1ncc(CNCC(C)C)cn1. The number of hydrogen-bond acceptors (Lipinski definition) is 5. The molecule has 0 aliphatic heterocycles. The molecule has 6 nitrogen and oxygen atoms in total. The maximum atomic E-state index is 11.4. The van der Waals surface area contributed by atoms with Crippen molar-refractivity contribution >= 4 is 11.9 Å². The smallest absolute Gasteiger partial charge is 0.239 e. The van der Waals surface area contributed by atoms with Crippen molar-refractivity contribution in [2.45, 2.75) is 27.3 Å². The molecule has 0 saturated carbocycles. The predicted octanol–water partition coefficient (Wildman–Crippen LogP) is 0.795. The number of nitrogens with zero attached hydrogens (tertiary/aromatic N) is 3. The molecular formula is C14H25N5O. The van der Waals surface area contributed by atoms with Crippen LogP contribution in [0.3, 0.4) is 0 Å². The summed E-state index contributed by atoms with van der Waals surface area (Å²) in [7, 11) is 1.63. The highest BCUT2D eigenvalue weighted by Gasteiger charge is 2.11. The molecule has 112 valence electrons. The monoisotopic (exact) mass is 279 g/mol. The van der Waals surface area contributed by atoms with Crippen LogP contribution in [0, 0.1) is 5.92 Å². The highest BCUT2D eigenvalue weighted by Crippen LogP contribution is 2.06. The number of amides is 1. The third-order valence-electron chi connectivity index (χ3n) is 2.85. The van der Waals surface area contributed by atoms with E-state index in [2.05, 4.69) is 34.4 Å². The van der Waals surface area contributed by atoms with E-state index in [0.29, 0.717) is 18.4 Å². The largest absolute Gasteiger partial charge is 0.358 e. The number of carbonyl (C=O) groups is 1. The number of hydrogen-bond donors (Lipinski definition) is 2. The average Bonchev–Trinajstić information content (AvgIpc) is 2.45. The van der Waals surface area contributed by atoms with E-state index in [1.807, 2.05) is 24.2 Å². The minimum atomic E-state index is -0.0434. The van der Waals surface area contributed by atoms with Crippen LogP contribution in [0.25, 0.3) is 0 Å². The van der Waals surface area contributed by atoms with Gasteiger partial charge in [0.15, 0.2) is 0 Å². The normalized spacial score (nSPS) is 10.7. The summed E-state index contributed by atoms with van der Waals surface area (Å²) in [4.78, 5) is 21.9. The minimum absolute atomic E-state index is 0.0434. The van der Waals surface area contributed by atoms with Gasteiger partial charge in [-0.05, 0) is 19.4 Å². The number of anilines is 1. The van der Waals surface area contributed by atoms with Crippen molar-refractivity contribution in [1.82, 2.24) is 20.6 Å². The zero-order chi connectivity index (χ0) is 15.0. The van der Waals surface area contributed by atoms with E-state index in [9.17, 15) is 4.79 Å². The third kappa shape index (κ3) is 5.52. The van der Waals surface area contributed by atoms with E-state index in [-0.39, 0.29) is 12.5 Å². The van der Waals surface area contributed by atoms with Crippen molar-refractivity contribution in [3.8, 4) is 0 Å². The van der Waals surface area contributed by atoms with Gasteiger partial charge in [-0.3, -0.25) is 4.79 Å². The van der Waals surface area contributed by atoms with E-state index in [0.717, 1.165) is 18.7 Å². The first-order chi connectivity index (χ1) is 9.56. The summed E-state index contributed by atoms with van der Waals surface area (Å²) >= 11 is 0. The van der Waals surface area contributed by atoms with E-state index in [1.165, 1.54) is 0 Å². The van der Waals surface area contributed by atoms with E-state index < -0.39 is 0 Å². The second kappa shape index (κ2) is 8.47. The lowest BCUT2D eigenvalue weighted by molar-refractivity contribution is -0.119. The van der Waals surface area contributed by atoms with Crippen LogP contribution in [0.1, 0.15) is 26.3 Å². The van der Waals surface area contributed by atoms with Gasteiger partial charge >= 0.3 is 0 Å². The van der Waals surface area contributed by atoms with Crippen LogP contribution in [0.2, 0.25) is 0 Å². The third-order valence-corrected chi connectivity index (χ3v) is 2.85. The zero-order valence-corrected chi connectivity index (χ0v) is 12.8. The maximum Gasteiger partial charge on any atom is 0.239 e. The molecule has 1 heterocycles. The molecule has 0 bridgehead atoms. The number of rotatable bonds is 8. The van der Waals surface area contributed by atoms with Gasteiger partial charge in [0.25, 0.3) is 0 Å². The van der Waals surface area contributed by atoms with Crippen molar-refractivity contribution in [2.75, 3.05) is 31.6 Å². The van der Waals surface area contributed by atoms with Gasteiger partial charge in [-0.1, -0.05) is 13.8 Å². The number of aromatic nitrogens is 2. The molecule has 0 fully saturated rings. The Bertz CT molecular complexity index is 405. The Kier molecular flexibility index (Phi) is 6.93. The Balaban J connectivity index is 2.57. The van der Waals surface area contributed by atoms with Gasteiger partial charge in [-0.2, -0.15) is 0 Å². The van der Waals surface area contributed by atoms with Crippen LogP contribution in [0.15, 0.2) is 12.4 Å². The second-order valence-electron chi connectivity index (χ2n) is 5.10. The van der Waals surface area contributed by atoms with Crippen molar-refractivity contribution in [3.05, 3.63) is 18.0 Å². The highest BCUT2D eigenvalue weighted by molar-refractivity contribution is 5.80. The van der Waals surface area contributed by atoms with Gasteiger partial charge in [0.05, 0.1) is 6.54 Å². The fourth-order valence-electron chi connectivity index (χ4n) is 1.68. The number of nitrogens with one attached hydrogen (secondary N) is 2. The van der Waals surface area contributed by atoms with Crippen LogP contribution in [-0.2, 0) is 11.3 Å². The van der Waals surface area contributed by atoms with Crippen molar-refractivity contribution in [3.63, 3.8) is 0 Å². The summed E-state index contributed by atoms with van der Waals surface area (Å²) < 4.78 is 0. The lowest BCUT2D eigenvalue weighted by Gasteiger charge is -2.19. The van der Waals surface area contributed by atoms with Crippen molar-refractivity contribution in [1.29, 1.82) is 0 Å². The van der Waals surface area contributed by atoms with Crippen LogP contribution in [-0.4, -0.2) is 42.6 Å². The summed E-state index contributed by atoms with van der Waals surface area (Å²) in [6.07, 6.45) is 3.62. The molecule has 0 saturated heterocycles. The van der Waals surface area contributed by atoms with Crippen molar-refractivity contribution in [2.24, 2.45) is 5.92 Å². The predicted molar refractivity (Wildman–Crippen MR) is 80.5 cm³/mol. The van der Waals surface area contributed by atoms with E-state index in [1.54, 1.807) is 7.05 Å². The number of likely N-dealkylation sites (N-methyl/N-ethyl adjacent to an activating group) is 2. The lowest BCUT2D eigenvalue weighted by atomic mass is 10.2. The van der Waals surface area contributed by atoms with Crippen LogP contribution < -0.4 is 15.5 Å². The first kappa shape index (κ1) is 16.4. The van der Waals surface area contributed by atoms with Gasteiger partial charge in [-0.25, -0.2) is 9.97 Å². The minimum Gasteiger partial charge on any atom is -0.358 e. The Morgan fingerprint density at radius 1 is 1.35 bits per heavy atom. The molecule has 2 N–H and O–H groups in total. The molecule has 20 heavy (non-hydrogen) atoms. The van der Waals surface area contributed by atoms with Crippen LogP contribution in [0.4, 0.5) is 5.95 Å². The maximum absolute atomic E-state index is 11.4. The zero-order valence-electron chi connectivity index (χ0n) is 12.8. The standard InChI is InChI=1S/C14H25N5O/c1-5-19(10-13(20)15-4)14-17-8-12(9-18-14)7-16-6-11(2)3/h8-9,11,16H,5-7,10H2,1-4H3,(H,15,20). The van der Waals surface area contributed by atoms with E-state index >= 15 is 0 Å². The molecule has 0 unspecified atom stereocenters. The molecular weight excluding hydrogens is 254 g/mol. The molecule has 0 radical (unpaired) electrons. The van der Waals surface area contributed by atoms with E-state index in [4.69, 9.17) is 0 Å². The molecule has 1 aromatic heterocycles. The summed E-state index contributed by atoms with van der Waals surface area (Å²) in [5.74, 6) is 1.17. The van der Waals surface area contributed by atoms with Crippen LogP contribution in [0.5, 0.6) is 0 Å². The van der Waals surface area contributed by atoms with Gasteiger partial charge in [0, 0.05) is 38.1 Å². The molecule has 0 aliphatic carbocycles. The molecule has 0 spiro atoms. The summed E-state index contributed by atoms with van der Waals surface area (Å²) in [6, 6.07) is 0. The molecule has 1 amide bonds. The molecule has 0 atom stereocenters. The first-order valence-electron chi connectivity index (χ1n) is 7.04. The Morgan fingerprint density at radius 3 is 2.50 bits per heavy atom.